The molecule has 0 saturated heterocycles. The fraction of sp³-hybridized carbons (Fsp3) is 0.462. The highest BCUT2D eigenvalue weighted by Gasteiger charge is 2.13. The second-order valence-corrected chi connectivity index (χ2v) is 7.81. The number of aliphatic carboxylic acids is 1. The summed E-state index contributed by atoms with van der Waals surface area (Å²) in [4.78, 5) is 23.2. The van der Waals surface area contributed by atoms with E-state index in [9.17, 15) is 9.59 Å². The standard InChI is InChI=1S/C26H34O6/c1-3-4-5-6-7-8-9-10-19-30-22-13-11-21(12-14-22)26(29)32-24-17-15-23(16-18-24)31-20(2)25(27)28/h11-18,20H,3-10,19H2,1-2H3,(H,27,28)/t20-/m0/s1. The molecule has 1 atom stereocenters. The third-order valence-electron chi connectivity index (χ3n) is 5.05. The van der Waals surface area contributed by atoms with Gasteiger partial charge in [0.05, 0.1) is 12.2 Å². The van der Waals surface area contributed by atoms with Gasteiger partial charge in [-0.1, -0.05) is 51.9 Å². The minimum Gasteiger partial charge on any atom is -0.494 e. The molecule has 174 valence electrons. The minimum absolute atomic E-state index is 0.348. The van der Waals surface area contributed by atoms with Crippen molar-refractivity contribution in [1.29, 1.82) is 0 Å². The van der Waals surface area contributed by atoms with Crippen molar-refractivity contribution in [3.63, 3.8) is 0 Å². The van der Waals surface area contributed by atoms with Crippen LogP contribution in [0.25, 0.3) is 0 Å². The molecular formula is C26H34O6. The lowest BCUT2D eigenvalue weighted by Crippen LogP contribution is -2.22. The van der Waals surface area contributed by atoms with Crippen molar-refractivity contribution in [2.45, 2.75) is 71.3 Å². The Kier molecular flexibility index (Phi) is 11.1. The van der Waals surface area contributed by atoms with Gasteiger partial charge in [0.1, 0.15) is 17.2 Å². The summed E-state index contributed by atoms with van der Waals surface area (Å²) in [5.74, 6) is -0.0606. The molecule has 6 heteroatoms. The van der Waals surface area contributed by atoms with E-state index in [1.54, 1.807) is 48.5 Å². The predicted octanol–water partition coefficient (Wildman–Crippen LogP) is 6.28. The van der Waals surface area contributed by atoms with Crippen LogP contribution in [-0.2, 0) is 4.79 Å². The molecule has 0 aliphatic rings. The van der Waals surface area contributed by atoms with Crippen LogP contribution >= 0.6 is 0 Å². The summed E-state index contributed by atoms with van der Waals surface area (Å²) in [7, 11) is 0. The summed E-state index contributed by atoms with van der Waals surface area (Å²) in [6.45, 7) is 4.35. The van der Waals surface area contributed by atoms with Crippen molar-refractivity contribution in [3.05, 3.63) is 54.1 Å². The Morgan fingerprint density at radius 3 is 1.91 bits per heavy atom. The van der Waals surface area contributed by atoms with E-state index >= 15 is 0 Å². The molecule has 6 nitrogen and oxygen atoms in total. The molecule has 0 unspecified atom stereocenters. The zero-order chi connectivity index (χ0) is 23.2. The van der Waals surface area contributed by atoms with E-state index in [4.69, 9.17) is 19.3 Å². The zero-order valence-electron chi connectivity index (χ0n) is 19.0. The number of rotatable bonds is 15. The highest BCUT2D eigenvalue weighted by Crippen LogP contribution is 2.21. The molecule has 0 aliphatic heterocycles. The van der Waals surface area contributed by atoms with Crippen molar-refractivity contribution >= 4 is 11.9 Å². The van der Waals surface area contributed by atoms with Crippen molar-refractivity contribution in [2.75, 3.05) is 6.61 Å². The van der Waals surface area contributed by atoms with Crippen molar-refractivity contribution in [2.24, 2.45) is 0 Å². The molecule has 0 bridgehead atoms. The third-order valence-corrected chi connectivity index (χ3v) is 5.05. The van der Waals surface area contributed by atoms with Gasteiger partial charge >= 0.3 is 11.9 Å². The predicted molar refractivity (Wildman–Crippen MR) is 124 cm³/mol. The molecule has 0 aromatic heterocycles. The number of benzene rings is 2. The lowest BCUT2D eigenvalue weighted by atomic mass is 10.1. The summed E-state index contributed by atoms with van der Waals surface area (Å²) >= 11 is 0. The number of carbonyl (C=O) groups excluding carboxylic acids is 1. The van der Waals surface area contributed by atoms with E-state index in [2.05, 4.69) is 6.92 Å². The topological polar surface area (TPSA) is 82.1 Å². The summed E-state index contributed by atoms with van der Waals surface area (Å²) < 4.78 is 16.4. The van der Waals surface area contributed by atoms with Gasteiger partial charge < -0.3 is 19.3 Å². The third kappa shape index (κ3) is 9.41. The average molecular weight is 443 g/mol. The van der Waals surface area contributed by atoms with Gasteiger partial charge in [0.15, 0.2) is 6.10 Å². The van der Waals surface area contributed by atoms with Crippen LogP contribution in [0.15, 0.2) is 48.5 Å². The number of unbranched alkanes of at least 4 members (excludes halogenated alkanes) is 7. The monoisotopic (exact) mass is 442 g/mol. The van der Waals surface area contributed by atoms with Gasteiger partial charge in [-0.15, -0.1) is 0 Å². The van der Waals surface area contributed by atoms with Crippen LogP contribution in [0.2, 0.25) is 0 Å². The number of carboxylic acids is 1. The Labute approximate surface area is 190 Å². The Hall–Kier alpha value is -3.02. The average Bonchev–Trinajstić information content (AvgIpc) is 2.79. The lowest BCUT2D eigenvalue weighted by molar-refractivity contribution is -0.144. The van der Waals surface area contributed by atoms with E-state index in [-0.39, 0.29) is 0 Å². The van der Waals surface area contributed by atoms with Gasteiger partial charge in [0.2, 0.25) is 0 Å². The molecule has 2 rings (SSSR count). The van der Waals surface area contributed by atoms with Crippen molar-refractivity contribution in [1.82, 2.24) is 0 Å². The van der Waals surface area contributed by atoms with Gasteiger partial charge in [0, 0.05) is 0 Å². The van der Waals surface area contributed by atoms with E-state index in [0.717, 1.165) is 12.2 Å². The van der Waals surface area contributed by atoms with Crippen LogP contribution in [0.4, 0.5) is 0 Å². The number of carboxylic acid groups (broad SMARTS) is 1. The molecule has 1 N–H and O–H groups in total. The van der Waals surface area contributed by atoms with E-state index in [1.165, 1.54) is 51.9 Å². The zero-order valence-corrected chi connectivity index (χ0v) is 19.0. The van der Waals surface area contributed by atoms with Gasteiger partial charge in [-0.2, -0.15) is 0 Å². The number of carbonyl (C=O) groups is 2. The van der Waals surface area contributed by atoms with Gasteiger partial charge in [-0.3, -0.25) is 0 Å². The van der Waals surface area contributed by atoms with Crippen LogP contribution in [0.3, 0.4) is 0 Å². The Morgan fingerprint density at radius 2 is 1.31 bits per heavy atom. The Bertz CT molecular complexity index is 813. The Balaban J connectivity index is 1.70. The van der Waals surface area contributed by atoms with Gasteiger partial charge in [0.25, 0.3) is 0 Å². The second-order valence-electron chi connectivity index (χ2n) is 7.81. The number of hydrogen-bond donors (Lipinski definition) is 1. The molecular weight excluding hydrogens is 408 g/mol. The summed E-state index contributed by atoms with van der Waals surface area (Å²) in [6, 6.07) is 13.1. The molecule has 0 saturated carbocycles. The van der Waals surface area contributed by atoms with Crippen molar-refractivity contribution in [3.8, 4) is 17.2 Å². The molecule has 32 heavy (non-hydrogen) atoms. The fourth-order valence-corrected chi connectivity index (χ4v) is 3.12. The van der Waals surface area contributed by atoms with E-state index < -0.39 is 18.0 Å². The highest BCUT2D eigenvalue weighted by atomic mass is 16.5. The normalized spacial score (nSPS) is 11.6. The van der Waals surface area contributed by atoms with Gasteiger partial charge in [-0.25, -0.2) is 9.59 Å². The Morgan fingerprint density at radius 1 is 0.781 bits per heavy atom. The van der Waals surface area contributed by atoms with Crippen LogP contribution in [0.1, 0.15) is 75.6 Å². The SMILES string of the molecule is CCCCCCCCCCOc1ccc(C(=O)Oc2ccc(O[C@@H](C)C(=O)O)cc2)cc1. The summed E-state index contributed by atoms with van der Waals surface area (Å²) in [5, 5.41) is 8.87. The number of hydrogen-bond acceptors (Lipinski definition) is 5. The van der Waals surface area contributed by atoms with Crippen molar-refractivity contribution < 1.29 is 28.9 Å². The highest BCUT2D eigenvalue weighted by molar-refractivity contribution is 5.91. The smallest absolute Gasteiger partial charge is 0.344 e. The van der Waals surface area contributed by atoms with Gasteiger partial charge in [-0.05, 0) is 61.9 Å². The van der Waals surface area contributed by atoms with Crippen LogP contribution in [0, 0.1) is 0 Å². The molecule has 2 aromatic rings. The minimum atomic E-state index is -1.05. The second kappa shape index (κ2) is 14.1. The quantitative estimate of drug-likeness (QED) is 0.199. The maximum absolute atomic E-state index is 12.3. The molecule has 0 spiro atoms. The lowest BCUT2D eigenvalue weighted by Gasteiger charge is -2.11. The first-order chi connectivity index (χ1) is 15.5. The number of esters is 1. The molecule has 0 radical (unpaired) electrons. The van der Waals surface area contributed by atoms with E-state index in [0.29, 0.717) is 23.7 Å². The van der Waals surface area contributed by atoms with Crippen LogP contribution < -0.4 is 14.2 Å². The first kappa shape index (κ1) is 25.2. The molecule has 2 aromatic carbocycles. The largest absolute Gasteiger partial charge is 0.494 e. The molecule has 0 amide bonds. The number of ether oxygens (including phenoxy) is 3. The first-order valence-corrected chi connectivity index (χ1v) is 11.4. The maximum atomic E-state index is 12.3. The first-order valence-electron chi connectivity index (χ1n) is 11.4. The molecule has 0 fully saturated rings. The summed E-state index contributed by atoms with van der Waals surface area (Å²) in [5.41, 5.74) is 0.421. The maximum Gasteiger partial charge on any atom is 0.344 e. The van der Waals surface area contributed by atoms with Crippen LogP contribution in [-0.4, -0.2) is 29.8 Å². The summed E-state index contributed by atoms with van der Waals surface area (Å²) in [6.07, 6.45) is 9.08. The van der Waals surface area contributed by atoms with Crippen LogP contribution in [0.5, 0.6) is 17.2 Å². The molecule has 0 heterocycles. The fourth-order valence-electron chi connectivity index (χ4n) is 3.12. The molecule has 0 aliphatic carbocycles. The van der Waals surface area contributed by atoms with E-state index in [1.807, 2.05) is 0 Å².